The summed E-state index contributed by atoms with van der Waals surface area (Å²) in [5.74, 6) is -5.20. The number of aliphatic hydroxyl groups is 1. The average Bonchev–Trinajstić information content (AvgIpc) is 3.30. The van der Waals surface area contributed by atoms with Gasteiger partial charge in [0.15, 0.2) is 5.78 Å². The van der Waals surface area contributed by atoms with E-state index in [1.54, 1.807) is 27.7 Å². The Morgan fingerprint density at radius 1 is 1.23 bits per heavy atom. The van der Waals surface area contributed by atoms with Gasteiger partial charge in [-0.15, -0.1) is 0 Å². The number of amides is 1. The van der Waals surface area contributed by atoms with Crippen LogP contribution in [0, 0.1) is 34.0 Å². The van der Waals surface area contributed by atoms with Crippen molar-refractivity contribution in [2.45, 2.75) is 65.4 Å². The van der Waals surface area contributed by atoms with Crippen LogP contribution in [0.3, 0.4) is 0 Å². The Balaban J connectivity index is 1.80. The van der Waals surface area contributed by atoms with Gasteiger partial charge in [-0.3, -0.25) is 24.0 Å². The van der Waals surface area contributed by atoms with Crippen molar-refractivity contribution >= 4 is 29.4 Å². The highest BCUT2D eigenvalue weighted by atomic mass is 16.6. The number of methoxy groups -OCH3 is 1. The van der Waals surface area contributed by atoms with Crippen LogP contribution < -0.4 is 5.32 Å². The van der Waals surface area contributed by atoms with Crippen LogP contribution in [-0.4, -0.2) is 66.7 Å². The van der Waals surface area contributed by atoms with Crippen LogP contribution >= 0.6 is 0 Å². The number of hydrogen-bond acceptors (Lipinski definition) is 9. The zero-order valence-corrected chi connectivity index (χ0v) is 20.5. The predicted molar refractivity (Wildman–Crippen MR) is 117 cm³/mol. The van der Waals surface area contributed by atoms with E-state index in [1.807, 2.05) is 0 Å². The molecule has 10 heteroatoms. The van der Waals surface area contributed by atoms with Gasteiger partial charge in [-0.25, -0.2) is 0 Å². The van der Waals surface area contributed by atoms with Crippen molar-refractivity contribution in [3.63, 3.8) is 0 Å². The van der Waals surface area contributed by atoms with E-state index in [2.05, 4.69) is 5.32 Å². The minimum absolute atomic E-state index is 0.0294. The first kappa shape index (κ1) is 24.1. The Labute approximate surface area is 202 Å². The minimum atomic E-state index is -1.99. The van der Waals surface area contributed by atoms with E-state index in [0.29, 0.717) is 12.0 Å². The molecule has 2 N–H and O–H groups in total. The molecule has 0 radical (unpaired) electrons. The highest BCUT2D eigenvalue weighted by molar-refractivity contribution is 6.22. The topological polar surface area (TPSA) is 145 Å². The maximum atomic E-state index is 14.5. The van der Waals surface area contributed by atoms with Gasteiger partial charge in [-0.1, -0.05) is 27.7 Å². The number of ether oxygens (including phenoxy) is 3. The Morgan fingerprint density at radius 2 is 1.91 bits per heavy atom. The third-order valence-corrected chi connectivity index (χ3v) is 9.24. The van der Waals surface area contributed by atoms with Gasteiger partial charge >= 0.3 is 11.9 Å². The van der Waals surface area contributed by atoms with Crippen molar-refractivity contribution in [3.05, 3.63) is 11.1 Å². The number of cyclic esters (lactones) is 1. The number of carbonyl (C=O) groups is 5. The van der Waals surface area contributed by atoms with Gasteiger partial charge in [0.1, 0.15) is 35.6 Å². The number of hydrogen-bond donors (Lipinski definition) is 2. The first-order valence-electron chi connectivity index (χ1n) is 12.1. The fourth-order valence-electron chi connectivity index (χ4n) is 7.50. The molecule has 190 valence electrons. The second-order valence-corrected chi connectivity index (χ2v) is 11.2. The second-order valence-electron chi connectivity index (χ2n) is 11.2. The number of ketones is 2. The number of carbonyl (C=O) groups excluding carboxylic acids is 5. The van der Waals surface area contributed by atoms with E-state index in [4.69, 9.17) is 14.2 Å². The molecule has 5 aliphatic rings. The predicted octanol–water partition coefficient (Wildman–Crippen LogP) is 0.452. The molecule has 3 aliphatic carbocycles. The summed E-state index contributed by atoms with van der Waals surface area (Å²) in [5, 5.41) is 13.1. The fourth-order valence-corrected chi connectivity index (χ4v) is 7.50. The molecule has 1 spiro atoms. The standard InChI is InChI=1S/C25H31NO9/c1-10(2)20(30)34-12-8-23(3)11(6-7-13(23)27)15-16(12)24(4)14(9-33-5)35-21(31)17-19(29)26-22(32)25(17,24)18(15)28/h10-12,14,17,19,29H,6-9H2,1-5H3,(H,26,32)/t11-,12+,14+,17-,19+,23-,24+,25-/m0/s1. The van der Waals surface area contributed by atoms with Crippen LogP contribution in [0.2, 0.25) is 0 Å². The van der Waals surface area contributed by atoms with E-state index >= 15 is 0 Å². The SMILES string of the molecule is COC[C@H]1OC(=O)[C@@H]2[C@@H](O)NC(=O)[C@@]23C(=O)C2=C([C@H](OC(=O)C(C)C)C[C@]4(C)C(=O)CC[C@@H]24)[C@@]13C. The average molecular weight is 490 g/mol. The molecular weight excluding hydrogens is 458 g/mol. The Bertz CT molecular complexity index is 1090. The van der Waals surface area contributed by atoms with E-state index in [9.17, 15) is 29.1 Å². The lowest BCUT2D eigenvalue weighted by Gasteiger charge is -2.52. The van der Waals surface area contributed by atoms with Crippen LogP contribution in [0.5, 0.6) is 0 Å². The monoisotopic (exact) mass is 489 g/mol. The van der Waals surface area contributed by atoms with Gasteiger partial charge in [0.25, 0.3) is 0 Å². The summed E-state index contributed by atoms with van der Waals surface area (Å²) in [7, 11) is 1.41. The zero-order chi connectivity index (χ0) is 25.7. The fraction of sp³-hybridized carbons (Fsp3) is 0.720. The van der Waals surface area contributed by atoms with E-state index < -0.39 is 76.1 Å². The smallest absolute Gasteiger partial charge is 0.315 e. The van der Waals surface area contributed by atoms with Crippen LogP contribution in [-0.2, 0) is 38.2 Å². The minimum Gasteiger partial charge on any atom is -0.459 e. The summed E-state index contributed by atoms with van der Waals surface area (Å²) >= 11 is 0. The number of allylic oxidation sites excluding steroid dienone is 1. The molecule has 3 fully saturated rings. The molecule has 5 rings (SSSR count). The van der Waals surface area contributed by atoms with Crippen molar-refractivity contribution < 1.29 is 43.3 Å². The molecule has 1 amide bonds. The molecule has 2 saturated heterocycles. The van der Waals surface area contributed by atoms with Crippen LogP contribution in [0.1, 0.15) is 47.0 Å². The molecule has 0 aromatic rings. The Morgan fingerprint density at radius 3 is 2.54 bits per heavy atom. The largest absolute Gasteiger partial charge is 0.459 e. The summed E-state index contributed by atoms with van der Waals surface area (Å²) in [6.07, 6.45) is -2.81. The van der Waals surface area contributed by atoms with E-state index in [1.165, 1.54) is 7.11 Å². The molecule has 35 heavy (non-hydrogen) atoms. The quantitative estimate of drug-likeness (QED) is 0.425. The van der Waals surface area contributed by atoms with Crippen LogP contribution in [0.15, 0.2) is 11.1 Å². The molecule has 0 bridgehead atoms. The van der Waals surface area contributed by atoms with Crippen molar-refractivity contribution in [1.82, 2.24) is 5.32 Å². The lowest BCUT2D eigenvalue weighted by molar-refractivity contribution is -0.205. The van der Waals surface area contributed by atoms with Gasteiger partial charge in [0.05, 0.1) is 17.9 Å². The lowest BCUT2D eigenvalue weighted by Crippen LogP contribution is -2.65. The maximum Gasteiger partial charge on any atom is 0.315 e. The van der Waals surface area contributed by atoms with Crippen LogP contribution in [0.4, 0.5) is 0 Å². The van der Waals surface area contributed by atoms with E-state index in [-0.39, 0.29) is 30.8 Å². The van der Waals surface area contributed by atoms with Crippen LogP contribution in [0.25, 0.3) is 0 Å². The number of nitrogens with one attached hydrogen (secondary N) is 1. The molecule has 1 saturated carbocycles. The van der Waals surface area contributed by atoms with Crippen molar-refractivity contribution in [2.24, 2.45) is 34.0 Å². The third-order valence-electron chi connectivity index (χ3n) is 9.24. The van der Waals surface area contributed by atoms with Gasteiger partial charge in [-0.2, -0.15) is 0 Å². The molecule has 10 nitrogen and oxygen atoms in total. The molecule has 2 heterocycles. The number of rotatable bonds is 4. The third kappa shape index (κ3) is 2.64. The van der Waals surface area contributed by atoms with Gasteiger partial charge < -0.3 is 24.6 Å². The molecular formula is C25H31NO9. The molecule has 2 aliphatic heterocycles. The number of esters is 2. The van der Waals surface area contributed by atoms with Crippen molar-refractivity contribution in [1.29, 1.82) is 0 Å². The molecule has 0 aromatic heterocycles. The van der Waals surface area contributed by atoms with Crippen molar-refractivity contribution in [3.8, 4) is 0 Å². The summed E-state index contributed by atoms with van der Waals surface area (Å²) in [5.41, 5.74) is -3.72. The number of Topliss-reactive ketones (excluding diaryl/α,β-unsaturated/α-hetero) is 2. The van der Waals surface area contributed by atoms with Gasteiger partial charge in [-0.05, 0) is 12.0 Å². The molecule has 0 aromatic carbocycles. The second kappa shape index (κ2) is 7.46. The summed E-state index contributed by atoms with van der Waals surface area (Å²) in [6, 6.07) is 0. The number of fused-ring (bicyclic) bond motifs is 3. The maximum absolute atomic E-state index is 14.5. The Kier molecular flexibility index (Phi) is 5.14. The highest BCUT2D eigenvalue weighted by Gasteiger charge is 2.82. The summed E-state index contributed by atoms with van der Waals surface area (Å²) in [4.78, 5) is 67.0. The summed E-state index contributed by atoms with van der Waals surface area (Å²) in [6.45, 7) is 6.68. The summed E-state index contributed by atoms with van der Waals surface area (Å²) < 4.78 is 17.0. The highest BCUT2D eigenvalue weighted by Crippen LogP contribution is 2.70. The first-order valence-corrected chi connectivity index (χ1v) is 12.1. The normalized spacial score (nSPS) is 44.0. The molecule has 0 unspecified atom stereocenters. The zero-order valence-electron chi connectivity index (χ0n) is 20.5. The lowest BCUT2D eigenvalue weighted by atomic mass is 9.53. The molecule has 8 atom stereocenters. The Hall–Kier alpha value is -2.59. The first-order chi connectivity index (χ1) is 16.4. The van der Waals surface area contributed by atoms with Crippen molar-refractivity contribution in [2.75, 3.05) is 13.7 Å². The van der Waals surface area contributed by atoms with Gasteiger partial charge in [0, 0.05) is 36.9 Å². The number of aliphatic hydroxyl groups excluding tert-OH is 1. The van der Waals surface area contributed by atoms with Gasteiger partial charge in [0.2, 0.25) is 5.91 Å². The van der Waals surface area contributed by atoms with E-state index in [0.717, 1.165) is 0 Å².